The highest BCUT2D eigenvalue weighted by Crippen LogP contribution is 2.33. The van der Waals surface area contributed by atoms with Gasteiger partial charge in [0.2, 0.25) is 6.79 Å². The largest absolute Gasteiger partial charge is 0.454 e. The van der Waals surface area contributed by atoms with E-state index < -0.39 is 0 Å². The molecule has 3 aromatic rings. The lowest BCUT2D eigenvalue weighted by atomic mass is 10.0. The number of carbonyl (C=O) groups excluding carboxylic acids is 1. The van der Waals surface area contributed by atoms with E-state index >= 15 is 0 Å². The molecule has 5 heteroatoms. The molecule has 0 saturated carbocycles. The fraction of sp³-hybridized carbons (Fsp3) is 0.269. The maximum atomic E-state index is 13.2. The molecule has 5 rings (SSSR count). The van der Waals surface area contributed by atoms with Crippen LogP contribution in [0.4, 0.5) is 0 Å². The summed E-state index contributed by atoms with van der Waals surface area (Å²) in [5.74, 6) is 1.52. The molecular formula is C26H25NO4. The van der Waals surface area contributed by atoms with Gasteiger partial charge in [0.05, 0.1) is 0 Å². The van der Waals surface area contributed by atoms with Crippen LogP contribution in [-0.4, -0.2) is 30.3 Å². The van der Waals surface area contributed by atoms with Gasteiger partial charge in [-0.05, 0) is 47.2 Å². The lowest BCUT2D eigenvalue weighted by Crippen LogP contribution is -2.38. The predicted molar refractivity (Wildman–Crippen MR) is 118 cm³/mol. The molecule has 1 amide bonds. The van der Waals surface area contributed by atoms with E-state index in [1.807, 2.05) is 41.3 Å². The third-order valence-corrected chi connectivity index (χ3v) is 5.76. The van der Waals surface area contributed by atoms with Crippen molar-refractivity contribution in [3.63, 3.8) is 0 Å². The zero-order chi connectivity index (χ0) is 21.0. The quantitative estimate of drug-likeness (QED) is 0.581. The van der Waals surface area contributed by atoms with Crippen LogP contribution < -0.4 is 9.47 Å². The van der Waals surface area contributed by atoms with E-state index in [1.165, 1.54) is 5.56 Å². The highest BCUT2D eigenvalue weighted by molar-refractivity contribution is 5.81. The van der Waals surface area contributed by atoms with E-state index in [-0.39, 0.29) is 18.8 Å². The second-order valence-electron chi connectivity index (χ2n) is 7.95. The first-order chi connectivity index (χ1) is 15.3. The average molecular weight is 415 g/mol. The summed E-state index contributed by atoms with van der Waals surface area (Å²) >= 11 is 0. The fourth-order valence-electron chi connectivity index (χ4n) is 4.10. The molecule has 0 N–H and O–H groups in total. The summed E-state index contributed by atoms with van der Waals surface area (Å²) in [5.41, 5.74) is 4.45. The topological polar surface area (TPSA) is 48.0 Å². The molecule has 2 aliphatic rings. The molecule has 1 saturated heterocycles. The van der Waals surface area contributed by atoms with Gasteiger partial charge >= 0.3 is 0 Å². The van der Waals surface area contributed by atoms with Gasteiger partial charge in [-0.25, -0.2) is 0 Å². The second kappa shape index (κ2) is 8.82. The van der Waals surface area contributed by atoms with E-state index in [1.54, 1.807) is 0 Å². The number of fused-ring (bicyclic) bond motifs is 1. The van der Waals surface area contributed by atoms with Crippen LogP contribution in [0.5, 0.6) is 11.5 Å². The van der Waals surface area contributed by atoms with Crippen LogP contribution in [0.2, 0.25) is 0 Å². The van der Waals surface area contributed by atoms with Gasteiger partial charge in [0.15, 0.2) is 11.5 Å². The molecule has 2 aliphatic heterocycles. The maximum absolute atomic E-state index is 13.2. The predicted octanol–water partition coefficient (Wildman–Crippen LogP) is 4.79. The van der Waals surface area contributed by atoms with Crippen LogP contribution in [0.3, 0.4) is 0 Å². The molecule has 3 aromatic carbocycles. The molecule has 1 fully saturated rings. The van der Waals surface area contributed by atoms with Crippen molar-refractivity contribution >= 4 is 5.91 Å². The van der Waals surface area contributed by atoms with Gasteiger partial charge in [-0.1, -0.05) is 60.7 Å². The smallest absolute Gasteiger partial charge is 0.252 e. The molecule has 0 radical (unpaired) electrons. The van der Waals surface area contributed by atoms with E-state index in [4.69, 9.17) is 14.2 Å². The number of rotatable bonds is 6. The zero-order valence-electron chi connectivity index (χ0n) is 17.3. The molecule has 0 aliphatic carbocycles. The van der Waals surface area contributed by atoms with Crippen molar-refractivity contribution in [2.45, 2.75) is 32.0 Å². The van der Waals surface area contributed by atoms with Crippen molar-refractivity contribution in [3.8, 4) is 22.6 Å². The van der Waals surface area contributed by atoms with Gasteiger partial charge in [0.25, 0.3) is 5.91 Å². The molecule has 2 heterocycles. The first kappa shape index (κ1) is 19.6. The van der Waals surface area contributed by atoms with Crippen LogP contribution in [-0.2, 0) is 22.6 Å². The third-order valence-electron chi connectivity index (χ3n) is 5.76. The van der Waals surface area contributed by atoms with Crippen molar-refractivity contribution in [2.75, 3.05) is 13.4 Å². The summed E-state index contributed by atoms with van der Waals surface area (Å²) in [7, 11) is 0. The van der Waals surface area contributed by atoms with Gasteiger partial charge in [-0.2, -0.15) is 0 Å². The zero-order valence-corrected chi connectivity index (χ0v) is 17.3. The van der Waals surface area contributed by atoms with Crippen LogP contribution in [0, 0.1) is 0 Å². The van der Waals surface area contributed by atoms with Crippen LogP contribution >= 0.6 is 0 Å². The van der Waals surface area contributed by atoms with Crippen molar-refractivity contribution in [2.24, 2.45) is 0 Å². The molecule has 0 spiro atoms. The molecule has 158 valence electrons. The lowest BCUT2D eigenvalue weighted by molar-refractivity contribution is -0.142. The Morgan fingerprint density at radius 1 is 0.839 bits per heavy atom. The van der Waals surface area contributed by atoms with Crippen molar-refractivity contribution in [1.82, 2.24) is 4.90 Å². The van der Waals surface area contributed by atoms with E-state index in [0.29, 0.717) is 19.7 Å². The van der Waals surface area contributed by atoms with Crippen LogP contribution in [0.15, 0.2) is 72.8 Å². The van der Waals surface area contributed by atoms with E-state index in [9.17, 15) is 4.79 Å². The van der Waals surface area contributed by atoms with Crippen molar-refractivity contribution in [1.29, 1.82) is 0 Å². The Balaban J connectivity index is 1.36. The SMILES string of the molecule is O=C([C@@H]1CCCO1)N(Cc1ccc(-c2ccccc2)cc1)Cc1ccc2c(c1)OCO2. The van der Waals surface area contributed by atoms with E-state index in [2.05, 4.69) is 36.4 Å². The minimum atomic E-state index is -0.349. The third kappa shape index (κ3) is 4.42. The minimum absolute atomic E-state index is 0.0438. The minimum Gasteiger partial charge on any atom is -0.454 e. The van der Waals surface area contributed by atoms with Gasteiger partial charge in [-0.15, -0.1) is 0 Å². The fourth-order valence-corrected chi connectivity index (χ4v) is 4.10. The molecular weight excluding hydrogens is 390 g/mol. The Morgan fingerprint density at radius 2 is 1.55 bits per heavy atom. The van der Waals surface area contributed by atoms with E-state index in [0.717, 1.165) is 41.0 Å². The summed E-state index contributed by atoms with van der Waals surface area (Å²) in [6.45, 7) is 1.92. The summed E-state index contributed by atoms with van der Waals surface area (Å²) < 4.78 is 16.6. The van der Waals surface area contributed by atoms with Crippen LogP contribution in [0.25, 0.3) is 11.1 Å². The maximum Gasteiger partial charge on any atom is 0.252 e. The number of benzene rings is 3. The van der Waals surface area contributed by atoms with Gasteiger partial charge in [-0.3, -0.25) is 4.79 Å². The normalized spacial score (nSPS) is 17.0. The highest BCUT2D eigenvalue weighted by atomic mass is 16.7. The summed E-state index contributed by atoms with van der Waals surface area (Å²) in [4.78, 5) is 15.1. The lowest BCUT2D eigenvalue weighted by Gasteiger charge is -2.26. The number of hydrogen-bond donors (Lipinski definition) is 0. The molecule has 1 atom stereocenters. The average Bonchev–Trinajstić information content (AvgIpc) is 3.51. The van der Waals surface area contributed by atoms with Crippen molar-refractivity contribution in [3.05, 3.63) is 83.9 Å². The van der Waals surface area contributed by atoms with Gasteiger partial charge in [0.1, 0.15) is 6.10 Å². The molecule has 0 unspecified atom stereocenters. The molecule has 5 nitrogen and oxygen atoms in total. The van der Waals surface area contributed by atoms with Gasteiger partial charge < -0.3 is 19.1 Å². The molecule has 0 aromatic heterocycles. The molecule has 0 bridgehead atoms. The summed E-state index contributed by atoms with van der Waals surface area (Å²) in [5, 5.41) is 0. The number of carbonyl (C=O) groups is 1. The van der Waals surface area contributed by atoms with Crippen LogP contribution in [0.1, 0.15) is 24.0 Å². The Kier molecular flexibility index (Phi) is 5.59. The Morgan fingerprint density at radius 3 is 2.32 bits per heavy atom. The monoisotopic (exact) mass is 415 g/mol. The second-order valence-corrected chi connectivity index (χ2v) is 7.95. The first-order valence-electron chi connectivity index (χ1n) is 10.7. The number of ether oxygens (including phenoxy) is 3. The summed E-state index contributed by atoms with van der Waals surface area (Å²) in [6.07, 6.45) is 1.36. The Hall–Kier alpha value is -3.31. The Bertz CT molecular complexity index is 1040. The Labute approximate surface area is 182 Å². The number of hydrogen-bond acceptors (Lipinski definition) is 4. The first-order valence-corrected chi connectivity index (χ1v) is 10.7. The summed E-state index contributed by atoms with van der Waals surface area (Å²) in [6, 6.07) is 24.6. The number of nitrogens with zero attached hydrogens (tertiary/aromatic N) is 1. The molecule has 31 heavy (non-hydrogen) atoms. The van der Waals surface area contributed by atoms with Crippen molar-refractivity contribution < 1.29 is 19.0 Å². The number of amides is 1. The van der Waals surface area contributed by atoms with Gasteiger partial charge in [0, 0.05) is 19.7 Å². The highest BCUT2D eigenvalue weighted by Gasteiger charge is 2.29. The standard InChI is InChI=1S/C26H25NO4/c28-26(24-7-4-14-29-24)27(17-20-10-13-23-25(15-20)31-18-30-23)16-19-8-11-22(12-9-19)21-5-2-1-3-6-21/h1-3,5-6,8-13,15,24H,4,7,14,16-18H2/t24-/m0/s1.